The van der Waals surface area contributed by atoms with Gasteiger partial charge in [-0.2, -0.15) is 5.10 Å². The van der Waals surface area contributed by atoms with Crippen LogP contribution in [0.3, 0.4) is 0 Å². The Morgan fingerprint density at radius 3 is 3.11 bits per heavy atom. The average Bonchev–Trinajstić information content (AvgIpc) is 3.08. The molecule has 0 aliphatic carbocycles. The molecule has 0 spiro atoms. The van der Waals surface area contributed by atoms with Gasteiger partial charge in [-0.25, -0.2) is 0 Å². The number of fused-ring (bicyclic) bond motifs is 1. The monoisotopic (exact) mass is 279 g/mol. The molecule has 1 aliphatic rings. The smallest absolute Gasteiger partial charge is 0.264 e. The second kappa shape index (κ2) is 4.61. The van der Waals surface area contributed by atoms with E-state index in [-0.39, 0.29) is 18.6 Å². The van der Waals surface area contributed by atoms with Crippen LogP contribution in [0.15, 0.2) is 6.07 Å². The van der Waals surface area contributed by atoms with Crippen molar-refractivity contribution in [3.05, 3.63) is 16.6 Å². The zero-order chi connectivity index (χ0) is 13.6. The summed E-state index contributed by atoms with van der Waals surface area (Å²) in [6.45, 7) is 2.75. The van der Waals surface area contributed by atoms with Crippen molar-refractivity contribution in [1.82, 2.24) is 14.7 Å². The normalized spacial score (nSPS) is 19.5. The molecular weight excluding hydrogens is 262 g/mol. The Morgan fingerprint density at radius 1 is 1.63 bits per heavy atom. The van der Waals surface area contributed by atoms with Crippen LogP contribution in [0.25, 0.3) is 10.2 Å². The highest BCUT2D eigenvalue weighted by Gasteiger charge is 2.30. The molecule has 0 bridgehead atoms. The van der Waals surface area contributed by atoms with Crippen LogP contribution in [-0.2, 0) is 7.05 Å². The first kappa shape index (κ1) is 12.6. The summed E-state index contributed by atoms with van der Waals surface area (Å²) in [4.78, 5) is 16.1. The molecule has 19 heavy (non-hydrogen) atoms. The molecule has 0 aromatic carbocycles. The molecule has 2 aromatic heterocycles. The van der Waals surface area contributed by atoms with Crippen molar-refractivity contribution in [3.63, 3.8) is 0 Å². The average molecular weight is 279 g/mol. The van der Waals surface area contributed by atoms with Gasteiger partial charge in [-0.05, 0) is 25.8 Å². The number of thiophene rings is 1. The summed E-state index contributed by atoms with van der Waals surface area (Å²) in [6.07, 6.45) is 1.87. The molecule has 1 fully saturated rings. The van der Waals surface area contributed by atoms with E-state index >= 15 is 0 Å². The topological polar surface area (TPSA) is 58.4 Å². The summed E-state index contributed by atoms with van der Waals surface area (Å²) in [6, 6.07) is 1.91. The third-order valence-electron chi connectivity index (χ3n) is 3.76. The van der Waals surface area contributed by atoms with Gasteiger partial charge in [-0.15, -0.1) is 11.3 Å². The number of hydrogen-bond acceptors (Lipinski definition) is 4. The second-order valence-corrected chi connectivity index (χ2v) is 6.05. The lowest BCUT2D eigenvalue weighted by Crippen LogP contribution is -2.37. The van der Waals surface area contributed by atoms with Gasteiger partial charge in [0.2, 0.25) is 0 Å². The molecule has 0 saturated carbocycles. The van der Waals surface area contributed by atoms with Gasteiger partial charge in [-0.1, -0.05) is 0 Å². The number of aliphatic hydroxyl groups excluding tert-OH is 1. The predicted octanol–water partition coefficient (Wildman–Crippen LogP) is 1.54. The Bertz CT molecular complexity index is 597. The molecular formula is C13H17N3O2S. The molecule has 1 atom stereocenters. The highest BCUT2D eigenvalue weighted by Crippen LogP contribution is 2.30. The first-order valence-corrected chi connectivity index (χ1v) is 7.28. The molecule has 3 rings (SSSR count). The summed E-state index contributed by atoms with van der Waals surface area (Å²) < 4.78 is 1.82. The van der Waals surface area contributed by atoms with E-state index in [0.29, 0.717) is 0 Å². The predicted molar refractivity (Wildman–Crippen MR) is 74.5 cm³/mol. The molecule has 0 unspecified atom stereocenters. The number of aromatic nitrogens is 2. The van der Waals surface area contributed by atoms with Gasteiger partial charge in [0, 0.05) is 19.0 Å². The van der Waals surface area contributed by atoms with Gasteiger partial charge < -0.3 is 10.0 Å². The largest absolute Gasteiger partial charge is 0.394 e. The van der Waals surface area contributed by atoms with Crippen LogP contribution in [0.2, 0.25) is 0 Å². The minimum absolute atomic E-state index is 0.0167. The minimum Gasteiger partial charge on any atom is -0.394 e. The van der Waals surface area contributed by atoms with E-state index in [1.165, 1.54) is 11.3 Å². The van der Waals surface area contributed by atoms with Crippen LogP contribution in [0.5, 0.6) is 0 Å². The number of aliphatic hydroxyl groups is 1. The maximum atomic E-state index is 12.5. The quantitative estimate of drug-likeness (QED) is 0.907. The van der Waals surface area contributed by atoms with Gasteiger partial charge in [-0.3, -0.25) is 9.48 Å². The van der Waals surface area contributed by atoms with E-state index < -0.39 is 0 Å². The van der Waals surface area contributed by atoms with Crippen molar-refractivity contribution in [1.29, 1.82) is 0 Å². The molecule has 1 saturated heterocycles. The summed E-state index contributed by atoms with van der Waals surface area (Å²) >= 11 is 1.48. The van der Waals surface area contributed by atoms with E-state index in [4.69, 9.17) is 0 Å². The molecule has 5 nitrogen and oxygen atoms in total. The fourth-order valence-electron chi connectivity index (χ4n) is 2.75. The van der Waals surface area contributed by atoms with Crippen molar-refractivity contribution in [2.24, 2.45) is 7.05 Å². The Labute approximate surface area is 115 Å². The molecule has 0 radical (unpaired) electrons. The van der Waals surface area contributed by atoms with Crippen molar-refractivity contribution < 1.29 is 9.90 Å². The third kappa shape index (κ3) is 1.95. The lowest BCUT2D eigenvalue weighted by molar-refractivity contribution is 0.0682. The second-order valence-electron chi connectivity index (χ2n) is 5.02. The number of aryl methyl sites for hydroxylation is 2. The molecule has 1 aliphatic heterocycles. The highest BCUT2D eigenvalue weighted by atomic mass is 32.1. The third-order valence-corrected chi connectivity index (χ3v) is 4.95. The molecule has 1 amide bonds. The van der Waals surface area contributed by atoms with Crippen LogP contribution in [0, 0.1) is 6.92 Å². The Balaban J connectivity index is 1.95. The van der Waals surface area contributed by atoms with Gasteiger partial charge in [0.15, 0.2) is 0 Å². The van der Waals surface area contributed by atoms with E-state index in [1.54, 1.807) is 4.90 Å². The van der Waals surface area contributed by atoms with Crippen LogP contribution in [0.1, 0.15) is 28.2 Å². The summed E-state index contributed by atoms with van der Waals surface area (Å²) in [7, 11) is 1.90. The van der Waals surface area contributed by atoms with Crippen LogP contribution >= 0.6 is 11.3 Å². The maximum absolute atomic E-state index is 12.5. The van der Waals surface area contributed by atoms with Crippen LogP contribution in [-0.4, -0.2) is 44.9 Å². The number of carbonyl (C=O) groups excluding carboxylic acids is 1. The molecule has 3 heterocycles. The Kier molecular flexibility index (Phi) is 3.06. The lowest BCUT2D eigenvalue weighted by atomic mass is 10.2. The number of amides is 1. The number of nitrogens with zero attached hydrogens (tertiary/aromatic N) is 3. The first-order chi connectivity index (χ1) is 9.11. The fraction of sp³-hybridized carbons (Fsp3) is 0.538. The van der Waals surface area contributed by atoms with E-state index in [1.807, 2.05) is 24.7 Å². The SMILES string of the molecule is Cc1nn(C)c2sc(C(=O)N3CCC[C@@H]3CO)cc12. The first-order valence-electron chi connectivity index (χ1n) is 6.46. The minimum atomic E-state index is -0.0167. The van der Waals surface area contributed by atoms with Gasteiger partial charge in [0.25, 0.3) is 5.91 Å². The number of likely N-dealkylation sites (tertiary alicyclic amines) is 1. The number of rotatable bonds is 2. The molecule has 102 valence electrons. The van der Waals surface area contributed by atoms with Gasteiger partial charge in [0.05, 0.1) is 23.2 Å². The van der Waals surface area contributed by atoms with E-state index in [9.17, 15) is 9.90 Å². The highest BCUT2D eigenvalue weighted by molar-refractivity contribution is 7.20. The van der Waals surface area contributed by atoms with Crippen LogP contribution < -0.4 is 0 Å². The standard InChI is InChI=1S/C13H17N3O2S/c1-8-10-6-11(19-13(10)15(2)14-8)12(18)16-5-3-4-9(16)7-17/h6,9,17H,3-5,7H2,1-2H3/t9-/m1/s1. The van der Waals surface area contributed by atoms with Crippen molar-refractivity contribution in [3.8, 4) is 0 Å². The Hall–Kier alpha value is -1.40. The number of carbonyl (C=O) groups is 1. The van der Waals surface area contributed by atoms with Crippen molar-refractivity contribution in [2.45, 2.75) is 25.8 Å². The van der Waals surface area contributed by atoms with E-state index in [2.05, 4.69) is 5.10 Å². The lowest BCUT2D eigenvalue weighted by Gasteiger charge is -2.22. The zero-order valence-corrected chi connectivity index (χ0v) is 11.9. The summed E-state index contributed by atoms with van der Waals surface area (Å²) in [5.41, 5.74) is 0.952. The maximum Gasteiger partial charge on any atom is 0.264 e. The van der Waals surface area contributed by atoms with Crippen LogP contribution in [0.4, 0.5) is 0 Å². The van der Waals surface area contributed by atoms with Crippen molar-refractivity contribution >= 4 is 27.5 Å². The molecule has 1 N–H and O–H groups in total. The van der Waals surface area contributed by atoms with E-state index in [0.717, 1.165) is 40.2 Å². The van der Waals surface area contributed by atoms with Crippen molar-refractivity contribution in [2.75, 3.05) is 13.2 Å². The fourth-order valence-corrected chi connectivity index (χ4v) is 3.82. The Morgan fingerprint density at radius 2 is 2.42 bits per heavy atom. The number of hydrogen-bond donors (Lipinski definition) is 1. The van der Waals surface area contributed by atoms with Gasteiger partial charge >= 0.3 is 0 Å². The zero-order valence-electron chi connectivity index (χ0n) is 11.1. The molecule has 6 heteroatoms. The summed E-state index contributed by atoms with van der Waals surface area (Å²) in [5.74, 6) is 0.0390. The summed E-state index contributed by atoms with van der Waals surface area (Å²) in [5, 5.41) is 14.7. The molecule has 2 aromatic rings. The van der Waals surface area contributed by atoms with Gasteiger partial charge in [0.1, 0.15) is 4.83 Å².